The third kappa shape index (κ3) is 5.94. The Morgan fingerprint density at radius 2 is 1.68 bits per heavy atom. The number of methoxy groups -OCH3 is 1. The molecule has 206 valence electrons. The molecule has 0 saturated carbocycles. The predicted molar refractivity (Wildman–Crippen MR) is 150 cm³/mol. The number of ether oxygens (including phenoxy) is 2. The SMILES string of the molecule is COc1nccc2c(-c3cc(CNS(=O)(=O)Cc4ccc(Cl)cc4)ccc3Oc3ccc(F)cc3F)cn(C)c12. The summed E-state index contributed by atoms with van der Waals surface area (Å²) in [6.07, 6.45) is 3.46. The van der Waals surface area contributed by atoms with Gasteiger partial charge in [0.15, 0.2) is 11.6 Å². The first-order valence-electron chi connectivity index (χ1n) is 12.1. The molecule has 40 heavy (non-hydrogen) atoms. The van der Waals surface area contributed by atoms with Crippen molar-refractivity contribution in [2.24, 2.45) is 7.05 Å². The summed E-state index contributed by atoms with van der Waals surface area (Å²) in [5, 5.41) is 1.31. The van der Waals surface area contributed by atoms with Crippen LogP contribution in [0.1, 0.15) is 11.1 Å². The highest BCUT2D eigenvalue weighted by atomic mass is 35.5. The number of sulfonamides is 1. The normalized spacial score (nSPS) is 11.6. The Morgan fingerprint density at radius 1 is 0.950 bits per heavy atom. The molecule has 7 nitrogen and oxygen atoms in total. The lowest BCUT2D eigenvalue weighted by Gasteiger charge is -2.14. The van der Waals surface area contributed by atoms with E-state index in [9.17, 15) is 17.2 Å². The van der Waals surface area contributed by atoms with Crippen LogP contribution in [0.5, 0.6) is 17.4 Å². The minimum atomic E-state index is -3.67. The van der Waals surface area contributed by atoms with E-state index in [4.69, 9.17) is 21.1 Å². The van der Waals surface area contributed by atoms with E-state index in [1.165, 1.54) is 13.2 Å². The van der Waals surface area contributed by atoms with Crippen LogP contribution in [-0.2, 0) is 29.4 Å². The van der Waals surface area contributed by atoms with Gasteiger partial charge in [-0.1, -0.05) is 29.8 Å². The van der Waals surface area contributed by atoms with Crippen LogP contribution < -0.4 is 14.2 Å². The van der Waals surface area contributed by atoms with Crippen molar-refractivity contribution in [1.82, 2.24) is 14.3 Å². The zero-order valence-electron chi connectivity index (χ0n) is 21.5. The lowest BCUT2D eigenvalue weighted by molar-refractivity contribution is 0.401. The summed E-state index contributed by atoms with van der Waals surface area (Å²) in [6.45, 7) is 0.00373. The summed E-state index contributed by atoms with van der Waals surface area (Å²) in [5.74, 6) is -1.23. The van der Waals surface area contributed by atoms with Gasteiger partial charge in [-0.25, -0.2) is 26.9 Å². The van der Waals surface area contributed by atoms with Gasteiger partial charge in [-0.2, -0.15) is 0 Å². The topological polar surface area (TPSA) is 82.4 Å². The van der Waals surface area contributed by atoms with Gasteiger partial charge in [-0.15, -0.1) is 0 Å². The molecule has 0 unspecified atom stereocenters. The summed E-state index contributed by atoms with van der Waals surface area (Å²) in [6, 6.07) is 16.5. The molecule has 0 aliphatic heterocycles. The number of aryl methyl sites for hydroxylation is 1. The van der Waals surface area contributed by atoms with Gasteiger partial charge < -0.3 is 14.0 Å². The first-order chi connectivity index (χ1) is 19.1. The summed E-state index contributed by atoms with van der Waals surface area (Å²) in [7, 11) is -0.306. The van der Waals surface area contributed by atoms with Crippen molar-refractivity contribution in [3.63, 3.8) is 0 Å². The molecule has 11 heteroatoms. The van der Waals surface area contributed by atoms with Crippen molar-refractivity contribution >= 4 is 32.5 Å². The van der Waals surface area contributed by atoms with E-state index in [0.29, 0.717) is 33.3 Å². The summed E-state index contributed by atoms with van der Waals surface area (Å²) in [4.78, 5) is 4.27. The molecule has 0 aliphatic carbocycles. The number of nitrogens with one attached hydrogen (secondary N) is 1. The zero-order valence-corrected chi connectivity index (χ0v) is 23.1. The van der Waals surface area contributed by atoms with Crippen LogP contribution in [-0.4, -0.2) is 25.1 Å². The van der Waals surface area contributed by atoms with Crippen LogP contribution in [0, 0.1) is 11.6 Å². The molecule has 1 N–H and O–H groups in total. The third-order valence-corrected chi connectivity index (χ3v) is 7.81. The molecule has 0 saturated heterocycles. The molecule has 5 rings (SSSR count). The highest BCUT2D eigenvalue weighted by Gasteiger charge is 2.19. The van der Waals surface area contributed by atoms with Gasteiger partial charge in [0, 0.05) is 53.6 Å². The van der Waals surface area contributed by atoms with E-state index in [-0.39, 0.29) is 18.0 Å². The maximum Gasteiger partial charge on any atom is 0.238 e. The third-order valence-electron chi connectivity index (χ3n) is 6.26. The lowest BCUT2D eigenvalue weighted by atomic mass is 10.0. The van der Waals surface area contributed by atoms with Gasteiger partial charge in [-0.05, 0) is 53.6 Å². The molecule has 0 fully saturated rings. The molecule has 0 amide bonds. The second-order valence-electron chi connectivity index (χ2n) is 9.08. The van der Waals surface area contributed by atoms with Crippen LogP contribution >= 0.6 is 11.6 Å². The zero-order chi connectivity index (χ0) is 28.4. The molecule has 0 spiro atoms. The number of halogens is 3. The van der Waals surface area contributed by atoms with Crippen LogP contribution in [0.25, 0.3) is 22.0 Å². The smallest absolute Gasteiger partial charge is 0.238 e. The van der Waals surface area contributed by atoms with E-state index >= 15 is 0 Å². The van der Waals surface area contributed by atoms with Crippen molar-refractivity contribution in [2.75, 3.05) is 7.11 Å². The summed E-state index contributed by atoms with van der Waals surface area (Å²) in [5.41, 5.74) is 3.26. The monoisotopic (exact) mass is 583 g/mol. The molecule has 2 heterocycles. The molecule has 0 atom stereocenters. The quantitative estimate of drug-likeness (QED) is 0.212. The van der Waals surface area contributed by atoms with E-state index in [0.717, 1.165) is 28.6 Å². The van der Waals surface area contributed by atoms with Gasteiger partial charge in [0.2, 0.25) is 15.9 Å². The standard InChI is InChI=1S/C29H24ClF2N3O4S/c1-35-16-24(22-11-12-33-29(38-2)28(22)35)23-13-19(5-9-26(23)39-27-10-8-21(31)14-25(27)32)15-34-40(36,37)17-18-3-6-20(30)7-4-18/h3-14,16,34H,15,17H2,1-2H3. The van der Waals surface area contributed by atoms with Crippen molar-refractivity contribution in [3.05, 3.63) is 107 Å². The largest absolute Gasteiger partial charge is 0.479 e. The maximum absolute atomic E-state index is 14.5. The first kappa shape index (κ1) is 27.6. The van der Waals surface area contributed by atoms with Gasteiger partial charge in [0.05, 0.1) is 12.9 Å². The van der Waals surface area contributed by atoms with Gasteiger partial charge in [0.25, 0.3) is 0 Å². The fourth-order valence-corrected chi connectivity index (χ4v) is 5.64. The number of hydrogen-bond donors (Lipinski definition) is 1. The number of nitrogens with zero attached hydrogens (tertiary/aromatic N) is 2. The summed E-state index contributed by atoms with van der Waals surface area (Å²) >= 11 is 5.90. The maximum atomic E-state index is 14.5. The Morgan fingerprint density at radius 3 is 2.40 bits per heavy atom. The lowest BCUT2D eigenvalue weighted by Crippen LogP contribution is -2.24. The Balaban J connectivity index is 1.52. The van der Waals surface area contributed by atoms with E-state index in [1.807, 2.05) is 23.9 Å². The fraction of sp³-hybridized carbons (Fsp3) is 0.138. The second-order valence-corrected chi connectivity index (χ2v) is 11.3. The number of pyridine rings is 1. The Kier molecular flexibility index (Phi) is 7.75. The van der Waals surface area contributed by atoms with Crippen molar-refractivity contribution in [3.8, 4) is 28.5 Å². The predicted octanol–water partition coefficient (Wildman–Crippen LogP) is 6.59. The second kappa shape index (κ2) is 11.2. The van der Waals surface area contributed by atoms with Gasteiger partial charge in [0.1, 0.15) is 17.1 Å². The minimum Gasteiger partial charge on any atom is -0.479 e. The Bertz CT molecular complexity index is 1810. The molecule has 2 aromatic heterocycles. The number of hydrogen-bond acceptors (Lipinski definition) is 5. The minimum absolute atomic E-state index is 0.00373. The molecule has 0 aliphatic rings. The average molecular weight is 584 g/mol. The molecule has 0 bridgehead atoms. The molecule has 3 aromatic carbocycles. The molecule has 5 aromatic rings. The van der Waals surface area contributed by atoms with Crippen LogP contribution in [0.15, 0.2) is 79.1 Å². The van der Waals surface area contributed by atoms with Crippen LogP contribution in [0.4, 0.5) is 8.78 Å². The summed E-state index contributed by atoms with van der Waals surface area (Å²) < 4.78 is 69.3. The highest BCUT2D eigenvalue weighted by molar-refractivity contribution is 7.88. The Hall–Kier alpha value is -3.99. The highest BCUT2D eigenvalue weighted by Crippen LogP contribution is 2.41. The van der Waals surface area contributed by atoms with E-state index < -0.39 is 21.7 Å². The molecule has 0 radical (unpaired) electrons. The van der Waals surface area contributed by atoms with Gasteiger partial charge in [-0.3, -0.25) is 0 Å². The van der Waals surface area contributed by atoms with Crippen molar-refractivity contribution in [2.45, 2.75) is 12.3 Å². The molecular weight excluding hydrogens is 560 g/mol. The van der Waals surface area contributed by atoms with Crippen molar-refractivity contribution < 1.29 is 26.7 Å². The number of fused-ring (bicyclic) bond motifs is 1. The number of aromatic nitrogens is 2. The number of rotatable bonds is 9. The van der Waals surface area contributed by atoms with Crippen LogP contribution in [0.3, 0.4) is 0 Å². The first-order valence-corrected chi connectivity index (χ1v) is 14.1. The molecular formula is C29H24ClF2N3O4S. The van der Waals surface area contributed by atoms with E-state index in [1.54, 1.807) is 48.7 Å². The Labute approximate surface area is 235 Å². The van der Waals surface area contributed by atoms with E-state index in [2.05, 4.69) is 9.71 Å². The number of benzene rings is 3. The van der Waals surface area contributed by atoms with Crippen LogP contribution in [0.2, 0.25) is 5.02 Å². The van der Waals surface area contributed by atoms with Gasteiger partial charge >= 0.3 is 0 Å². The fourth-order valence-electron chi connectivity index (χ4n) is 4.39. The average Bonchev–Trinajstić information content (AvgIpc) is 3.27. The van der Waals surface area contributed by atoms with Crippen molar-refractivity contribution in [1.29, 1.82) is 0 Å².